The Kier molecular flexibility index (Phi) is 7.63. The lowest BCUT2D eigenvalue weighted by Gasteiger charge is -2.33. The van der Waals surface area contributed by atoms with Gasteiger partial charge in [0.1, 0.15) is 0 Å². The van der Waals surface area contributed by atoms with E-state index in [0.29, 0.717) is 18.4 Å². The van der Waals surface area contributed by atoms with Crippen molar-refractivity contribution in [3.63, 3.8) is 0 Å². The van der Waals surface area contributed by atoms with E-state index in [1.165, 1.54) is 4.88 Å². The Bertz CT molecular complexity index is 624. The lowest BCUT2D eigenvalue weighted by molar-refractivity contribution is -0.192. The van der Waals surface area contributed by atoms with Gasteiger partial charge in [-0.1, -0.05) is 6.07 Å². The zero-order chi connectivity index (χ0) is 20.0. The van der Waals surface area contributed by atoms with Gasteiger partial charge in [0.2, 0.25) is 5.91 Å². The summed E-state index contributed by atoms with van der Waals surface area (Å²) in [6, 6.07) is 4.28. The molecule has 3 heterocycles. The number of likely N-dealkylation sites (tertiary alicyclic amines) is 2. The van der Waals surface area contributed by atoms with Gasteiger partial charge in [0.15, 0.2) is 0 Å². The average Bonchev–Trinajstić information content (AvgIpc) is 3.24. The smallest absolute Gasteiger partial charge is 0.475 e. The van der Waals surface area contributed by atoms with Crippen LogP contribution >= 0.6 is 11.3 Å². The molecule has 0 radical (unpaired) electrons. The van der Waals surface area contributed by atoms with Crippen molar-refractivity contribution >= 4 is 23.2 Å². The third-order valence-electron chi connectivity index (χ3n) is 4.68. The second-order valence-corrected chi connectivity index (χ2v) is 7.58. The first-order valence-electron chi connectivity index (χ1n) is 8.55. The van der Waals surface area contributed by atoms with Gasteiger partial charge in [0.05, 0.1) is 12.5 Å². The molecular weight excluding hydrogens is 385 g/mol. The van der Waals surface area contributed by atoms with Crippen molar-refractivity contribution in [3.05, 3.63) is 22.4 Å². The maximum Gasteiger partial charge on any atom is 0.490 e. The molecule has 0 saturated carbocycles. The lowest BCUT2D eigenvalue weighted by Crippen LogP contribution is -2.46. The Morgan fingerprint density at radius 3 is 2.67 bits per heavy atom. The normalized spacial score (nSPS) is 23.0. The molecule has 0 bridgehead atoms. The van der Waals surface area contributed by atoms with E-state index in [9.17, 15) is 18.0 Å². The van der Waals surface area contributed by atoms with Gasteiger partial charge in [-0.3, -0.25) is 9.69 Å². The van der Waals surface area contributed by atoms with Crippen LogP contribution < -0.4 is 0 Å². The maximum atomic E-state index is 12.5. The van der Waals surface area contributed by atoms with Gasteiger partial charge in [0, 0.05) is 44.7 Å². The number of methoxy groups -OCH3 is 1. The highest BCUT2D eigenvalue weighted by Crippen LogP contribution is 2.33. The second kappa shape index (κ2) is 9.52. The van der Waals surface area contributed by atoms with E-state index in [1.54, 1.807) is 18.4 Å². The summed E-state index contributed by atoms with van der Waals surface area (Å²) < 4.78 is 36.8. The van der Waals surface area contributed by atoms with Crippen LogP contribution in [-0.4, -0.2) is 72.9 Å². The fourth-order valence-corrected chi connectivity index (χ4v) is 4.12. The number of halogens is 3. The molecule has 1 aromatic rings. The molecule has 1 aromatic heterocycles. The Labute approximate surface area is 159 Å². The minimum absolute atomic E-state index is 0.209. The summed E-state index contributed by atoms with van der Waals surface area (Å²) in [5.74, 6) is -1.65. The summed E-state index contributed by atoms with van der Waals surface area (Å²) in [4.78, 5) is 27.2. The number of carbonyl (C=O) groups excluding carboxylic acids is 1. The van der Waals surface area contributed by atoms with Crippen LogP contribution in [0.3, 0.4) is 0 Å². The predicted octanol–water partition coefficient (Wildman–Crippen LogP) is 2.31. The Balaban J connectivity index is 0.000000321. The fourth-order valence-electron chi connectivity index (χ4n) is 3.37. The molecule has 2 aliphatic rings. The second-order valence-electron chi connectivity index (χ2n) is 6.55. The first kappa shape index (κ1) is 21.6. The van der Waals surface area contributed by atoms with Gasteiger partial charge in [-0.2, -0.15) is 13.2 Å². The van der Waals surface area contributed by atoms with E-state index in [1.807, 2.05) is 4.90 Å². The Hall–Kier alpha value is -1.65. The van der Waals surface area contributed by atoms with E-state index < -0.39 is 12.1 Å². The highest BCUT2D eigenvalue weighted by Gasteiger charge is 2.42. The molecule has 0 aliphatic carbocycles. The third-order valence-corrected chi connectivity index (χ3v) is 5.54. The third kappa shape index (κ3) is 6.18. The summed E-state index contributed by atoms with van der Waals surface area (Å²) in [6.45, 7) is 5.27. The number of thiophene rings is 1. The van der Waals surface area contributed by atoms with Crippen LogP contribution in [0.4, 0.5) is 13.2 Å². The molecule has 1 N–H and O–H groups in total. The topological polar surface area (TPSA) is 70.1 Å². The Morgan fingerprint density at radius 1 is 1.41 bits per heavy atom. The Morgan fingerprint density at radius 2 is 2.11 bits per heavy atom. The zero-order valence-corrected chi connectivity index (χ0v) is 15.8. The number of carboxylic acid groups (broad SMARTS) is 1. The molecule has 2 saturated heterocycles. The predicted molar refractivity (Wildman–Crippen MR) is 93.3 cm³/mol. The number of hydrogen-bond donors (Lipinski definition) is 1. The molecule has 0 aromatic carbocycles. The standard InChI is InChI=1S/C15H22N2O2S.C2HF3O2/c1-19-7-6-17-5-4-12-9-16(11-14(12)15(17)18)10-13-3-2-8-20-13;3-2(4,5)1(6)7/h2-3,8,12,14H,4-7,9-11H2,1H3;(H,6,7)/t12-,14-;/m0./s1. The number of nitrogens with zero attached hydrogens (tertiary/aromatic N) is 2. The highest BCUT2D eigenvalue weighted by atomic mass is 32.1. The van der Waals surface area contributed by atoms with Gasteiger partial charge >= 0.3 is 12.1 Å². The first-order valence-corrected chi connectivity index (χ1v) is 9.43. The number of carbonyl (C=O) groups is 2. The molecule has 2 fully saturated rings. The van der Waals surface area contributed by atoms with E-state index in [0.717, 1.165) is 39.1 Å². The molecule has 2 atom stereocenters. The molecule has 6 nitrogen and oxygen atoms in total. The van der Waals surface area contributed by atoms with Gasteiger partial charge < -0.3 is 14.7 Å². The lowest BCUT2D eigenvalue weighted by atomic mass is 9.88. The summed E-state index contributed by atoms with van der Waals surface area (Å²) in [5.41, 5.74) is 0. The molecule has 10 heteroatoms. The van der Waals surface area contributed by atoms with Crippen LogP contribution in [0.15, 0.2) is 17.5 Å². The van der Waals surface area contributed by atoms with Crippen LogP contribution in [0, 0.1) is 11.8 Å². The minimum atomic E-state index is -5.08. The number of rotatable bonds is 5. The van der Waals surface area contributed by atoms with Gasteiger partial charge in [0.25, 0.3) is 0 Å². The zero-order valence-electron chi connectivity index (χ0n) is 14.9. The summed E-state index contributed by atoms with van der Waals surface area (Å²) in [6.07, 6.45) is -3.94. The molecule has 27 heavy (non-hydrogen) atoms. The monoisotopic (exact) mass is 408 g/mol. The largest absolute Gasteiger partial charge is 0.490 e. The molecule has 0 spiro atoms. The maximum absolute atomic E-state index is 12.5. The molecule has 3 rings (SSSR count). The average molecular weight is 408 g/mol. The van der Waals surface area contributed by atoms with Gasteiger partial charge in [-0.25, -0.2) is 4.79 Å². The highest BCUT2D eigenvalue weighted by molar-refractivity contribution is 7.09. The van der Waals surface area contributed by atoms with Crippen molar-refractivity contribution < 1.29 is 32.6 Å². The van der Waals surface area contributed by atoms with Gasteiger partial charge in [-0.15, -0.1) is 11.3 Å². The first-order chi connectivity index (χ1) is 12.7. The molecule has 1 amide bonds. The number of aliphatic carboxylic acids is 1. The SMILES string of the molecule is COCCN1CC[C@H]2CN(Cc3cccs3)C[C@@H]2C1=O.O=C(O)C(F)(F)F. The van der Waals surface area contributed by atoms with E-state index in [2.05, 4.69) is 22.4 Å². The van der Waals surface area contributed by atoms with Crippen molar-refractivity contribution in [3.8, 4) is 0 Å². The number of piperidine rings is 1. The van der Waals surface area contributed by atoms with Crippen molar-refractivity contribution in [1.29, 1.82) is 0 Å². The number of fused-ring (bicyclic) bond motifs is 1. The molecular formula is C17H23F3N2O4S. The van der Waals surface area contributed by atoms with Crippen LogP contribution in [0.5, 0.6) is 0 Å². The molecule has 2 aliphatic heterocycles. The van der Waals surface area contributed by atoms with E-state index >= 15 is 0 Å². The van der Waals surface area contributed by atoms with Crippen LogP contribution in [0.2, 0.25) is 0 Å². The van der Waals surface area contributed by atoms with E-state index in [4.69, 9.17) is 14.6 Å². The number of alkyl halides is 3. The molecule has 0 unspecified atom stereocenters. The minimum Gasteiger partial charge on any atom is -0.475 e. The van der Waals surface area contributed by atoms with Crippen molar-refractivity contribution in [2.75, 3.05) is 39.9 Å². The van der Waals surface area contributed by atoms with Crippen LogP contribution in [-0.2, 0) is 20.9 Å². The summed E-state index contributed by atoms with van der Waals surface area (Å²) >= 11 is 1.80. The molecule has 152 valence electrons. The number of amides is 1. The number of carboxylic acids is 1. The van der Waals surface area contributed by atoms with Crippen molar-refractivity contribution in [2.24, 2.45) is 11.8 Å². The summed E-state index contributed by atoms with van der Waals surface area (Å²) in [7, 11) is 1.69. The van der Waals surface area contributed by atoms with Crippen LogP contribution in [0.1, 0.15) is 11.3 Å². The van der Waals surface area contributed by atoms with Crippen LogP contribution in [0.25, 0.3) is 0 Å². The quantitative estimate of drug-likeness (QED) is 0.810. The van der Waals surface area contributed by atoms with Crippen molar-refractivity contribution in [2.45, 2.75) is 19.1 Å². The van der Waals surface area contributed by atoms with E-state index in [-0.39, 0.29) is 5.92 Å². The number of hydrogen-bond acceptors (Lipinski definition) is 5. The fraction of sp³-hybridized carbons (Fsp3) is 0.647. The number of ether oxygens (including phenoxy) is 1. The van der Waals surface area contributed by atoms with Crippen molar-refractivity contribution in [1.82, 2.24) is 9.80 Å². The summed E-state index contributed by atoms with van der Waals surface area (Å²) in [5, 5.41) is 9.25. The van der Waals surface area contributed by atoms with Gasteiger partial charge in [-0.05, 0) is 23.8 Å².